The van der Waals surface area contributed by atoms with E-state index in [9.17, 15) is 13.2 Å². The number of fused-ring (bicyclic) bond motifs is 1. The molecule has 0 saturated heterocycles. The van der Waals surface area contributed by atoms with Gasteiger partial charge in [0.25, 0.3) is 0 Å². The van der Waals surface area contributed by atoms with Crippen molar-refractivity contribution in [3.8, 4) is 11.3 Å². The lowest BCUT2D eigenvalue weighted by atomic mass is 10.0. The van der Waals surface area contributed by atoms with Crippen LogP contribution in [0.15, 0.2) is 54.9 Å². The molecule has 0 radical (unpaired) electrons. The number of rotatable bonds is 3. The van der Waals surface area contributed by atoms with Crippen LogP contribution in [0, 0.1) is 6.92 Å². The zero-order valence-electron chi connectivity index (χ0n) is 14.2. The number of aromatic amines is 1. The van der Waals surface area contributed by atoms with E-state index in [1.165, 1.54) is 18.3 Å². The first-order chi connectivity index (χ1) is 12.9. The molecule has 136 valence electrons. The molecule has 0 bridgehead atoms. The highest BCUT2D eigenvalue weighted by Gasteiger charge is 2.33. The van der Waals surface area contributed by atoms with E-state index < -0.39 is 11.7 Å². The molecule has 5 nitrogen and oxygen atoms in total. The van der Waals surface area contributed by atoms with E-state index >= 15 is 0 Å². The predicted octanol–water partition coefficient (Wildman–Crippen LogP) is 5.09. The van der Waals surface area contributed by atoms with Gasteiger partial charge in [0.05, 0.1) is 28.7 Å². The van der Waals surface area contributed by atoms with Crippen molar-refractivity contribution in [3.63, 3.8) is 0 Å². The quantitative estimate of drug-likeness (QED) is 0.528. The Hall–Kier alpha value is -3.42. The minimum Gasteiger partial charge on any atom is -0.338 e. The lowest BCUT2D eigenvalue weighted by molar-refractivity contribution is -0.137. The van der Waals surface area contributed by atoms with Crippen LogP contribution in [-0.2, 0) is 6.18 Å². The van der Waals surface area contributed by atoms with Crippen molar-refractivity contribution in [2.24, 2.45) is 0 Å². The molecule has 0 spiro atoms. The molecule has 0 aliphatic rings. The molecular weight excluding hydrogens is 355 g/mol. The number of H-pyrrole nitrogens is 1. The number of anilines is 2. The van der Waals surface area contributed by atoms with Crippen LogP contribution in [0.3, 0.4) is 0 Å². The molecule has 0 fully saturated rings. The predicted molar refractivity (Wildman–Crippen MR) is 96.6 cm³/mol. The summed E-state index contributed by atoms with van der Waals surface area (Å²) in [5.41, 5.74) is 1.43. The van der Waals surface area contributed by atoms with Crippen molar-refractivity contribution in [1.82, 2.24) is 20.2 Å². The third kappa shape index (κ3) is 3.33. The lowest BCUT2D eigenvalue weighted by Gasteiger charge is -2.14. The molecule has 4 rings (SSSR count). The monoisotopic (exact) mass is 369 g/mol. The number of alkyl halides is 3. The second-order valence-electron chi connectivity index (χ2n) is 6.05. The molecule has 2 N–H and O–H groups in total. The second kappa shape index (κ2) is 6.39. The lowest BCUT2D eigenvalue weighted by Crippen LogP contribution is -2.07. The number of halogens is 3. The Labute approximate surface area is 152 Å². The Morgan fingerprint density at radius 3 is 2.63 bits per heavy atom. The third-order valence-electron chi connectivity index (χ3n) is 4.09. The van der Waals surface area contributed by atoms with E-state index in [0.717, 1.165) is 17.1 Å². The van der Waals surface area contributed by atoms with E-state index in [1.54, 1.807) is 30.5 Å². The first kappa shape index (κ1) is 17.0. The Bertz CT molecular complexity index is 1120. The molecule has 8 heteroatoms. The largest absolute Gasteiger partial charge is 0.417 e. The van der Waals surface area contributed by atoms with Crippen molar-refractivity contribution in [2.45, 2.75) is 13.1 Å². The summed E-state index contributed by atoms with van der Waals surface area (Å²) in [5.74, 6) is 0.562. The highest BCUT2D eigenvalue weighted by Crippen LogP contribution is 2.38. The van der Waals surface area contributed by atoms with Crippen LogP contribution >= 0.6 is 0 Å². The minimum atomic E-state index is -4.48. The fourth-order valence-corrected chi connectivity index (χ4v) is 2.89. The van der Waals surface area contributed by atoms with Gasteiger partial charge in [-0.1, -0.05) is 18.2 Å². The zero-order chi connectivity index (χ0) is 19.0. The van der Waals surface area contributed by atoms with Crippen LogP contribution in [0.25, 0.3) is 22.2 Å². The number of hydrogen-bond acceptors (Lipinski definition) is 4. The maximum atomic E-state index is 13.4. The summed E-state index contributed by atoms with van der Waals surface area (Å²) in [5, 5.41) is 10.8. The number of pyridine rings is 2. The van der Waals surface area contributed by atoms with Gasteiger partial charge in [0.15, 0.2) is 5.82 Å². The van der Waals surface area contributed by atoms with Gasteiger partial charge in [-0.3, -0.25) is 10.1 Å². The van der Waals surface area contributed by atoms with E-state index in [-0.39, 0.29) is 11.3 Å². The number of aryl methyl sites for hydroxylation is 1. The van der Waals surface area contributed by atoms with Crippen LogP contribution in [0.1, 0.15) is 11.3 Å². The van der Waals surface area contributed by atoms with E-state index in [4.69, 9.17) is 0 Å². The van der Waals surface area contributed by atoms with Crippen LogP contribution in [0.2, 0.25) is 0 Å². The molecule has 0 unspecified atom stereocenters. The molecule has 1 aromatic carbocycles. The molecule has 3 aromatic heterocycles. The molecule has 3 heterocycles. The topological polar surface area (TPSA) is 66.5 Å². The van der Waals surface area contributed by atoms with E-state index in [0.29, 0.717) is 17.0 Å². The first-order valence-electron chi connectivity index (χ1n) is 8.12. The normalized spacial score (nSPS) is 11.7. The Balaban J connectivity index is 1.91. The minimum absolute atomic E-state index is 0.0111. The summed E-state index contributed by atoms with van der Waals surface area (Å²) in [6, 6.07) is 10.5. The molecule has 0 aliphatic heterocycles. The van der Waals surface area contributed by atoms with Gasteiger partial charge in [-0.15, -0.1) is 0 Å². The Kier molecular flexibility index (Phi) is 4.02. The average molecular weight is 369 g/mol. The smallest absolute Gasteiger partial charge is 0.338 e. The maximum Gasteiger partial charge on any atom is 0.417 e. The molecule has 0 aliphatic carbocycles. The van der Waals surface area contributed by atoms with Crippen LogP contribution in [0.5, 0.6) is 0 Å². The highest BCUT2D eigenvalue weighted by molar-refractivity contribution is 5.94. The summed E-state index contributed by atoms with van der Waals surface area (Å²) in [6.45, 7) is 1.86. The maximum absolute atomic E-state index is 13.4. The van der Waals surface area contributed by atoms with Gasteiger partial charge in [-0.25, -0.2) is 4.98 Å². The van der Waals surface area contributed by atoms with Crippen LogP contribution < -0.4 is 5.32 Å². The fraction of sp³-hybridized carbons (Fsp3) is 0.105. The Morgan fingerprint density at radius 1 is 1.07 bits per heavy atom. The van der Waals surface area contributed by atoms with Gasteiger partial charge in [-0.05, 0) is 25.1 Å². The number of aromatic nitrogens is 4. The van der Waals surface area contributed by atoms with Gasteiger partial charge in [0.1, 0.15) is 0 Å². The fourth-order valence-electron chi connectivity index (χ4n) is 2.89. The summed E-state index contributed by atoms with van der Waals surface area (Å²) in [6.07, 6.45) is -1.35. The number of hydrogen-bond donors (Lipinski definition) is 2. The standard InChI is InChI=1S/C19H14F3N5/c1-11-8-18(27-26-11)25-16-9-15(24-17-10-23-7-6-13(16)17)12-4-2-3-5-14(12)19(20,21)22/h2-10H,1H3,(H2,24,25,26,27). The number of benzene rings is 1. The van der Waals surface area contributed by atoms with Crippen molar-refractivity contribution < 1.29 is 13.2 Å². The van der Waals surface area contributed by atoms with Gasteiger partial charge >= 0.3 is 6.18 Å². The molecule has 0 atom stereocenters. The van der Waals surface area contributed by atoms with Gasteiger partial charge in [0, 0.05) is 28.9 Å². The summed E-state index contributed by atoms with van der Waals surface area (Å²) in [7, 11) is 0. The second-order valence-corrected chi connectivity index (χ2v) is 6.05. The van der Waals surface area contributed by atoms with Crippen LogP contribution in [0.4, 0.5) is 24.7 Å². The molecule has 0 saturated carbocycles. The molecule has 27 heavy (non-hydrogen) atoms. The summed E-state index contributed by atoms with van der Waals surface area (Å²) >= 11 is 0. The van der Waals surface area contributed by atoms with E-state index in [2.05, 4.69) is 25.5 Å². The Morgan fingerprint density at radius 2 is 1.89 bits per heavy atom. The van der Waals surface area contributed by atoms with Crippen molar-refractivity contribution in [1.29, 1.82) is 0 Å². The third-order valence-corrected chi connectivity index (χ3v) is 4.09. The number of nitrogens with zero attached hydrogens (tertiary/aromatic N) is 3. The van der Waals surface area contributed by atoms with Gasteiger partial charge in [-0.2, -0.15) is 18.3 Å². The first-order valence-corrected chi connectivity index (χ1v) is 8.12. The van der Waals surface area contributed by atoms with Crippen molar-refractivity contribution in [2.75, 3.05) is 5.32 Å². The molecular formula is C19H14F3N5. The summed E-state index contributed by atoms with van der Waals surface area (Å²) < 4.78 is 40.3. The average Bonchev–Trinajstić information content (AvgIpc) is 3.06. The van der Waals surface area contributed by atoms with E-state index in [1.807, 2.05) is 6.92 Å². The molecule has 4 aromatic rings. The van der Waals surface area contributed by atoms with Crippen LogP contribution in [-0.4, -0.2) is 20.2 Å². The van der Waals surface area contributed by atoms with Crippen molar-refractivity contribution in [3.05, 3.63) is 66.1 Å². The highest BCUT2D eigenvalue weighted by atomic mass is 19.4. The van der Waals surface area contributed by atoms with Crippen molar-refractivity contribution >= 4 is 22.4 Å². The van der Waals surface area contributed by atoms with Gasteiger partial charge < -0.3 is 5.32 Å². The zero-order valence-corrected chi connectivity index (χ0v) is 14.2. The number of nitrogens with one attached hydrogen (secondary N) is 2. The van der Waals surface area contributed by atoms with Gasteiger partial charge in [0.2, 0.25) is 0 Å². The molecule has 0 amide bonds. The SMILES string of the molecule is Cc1cc(Nc2cc(-c3ccccc3C(F)(F)F)nc3cnccc23)n[nH]1. The summed E-state index contributed by atoms with van der Waals surface area (Å²) in [4.78, 5) is 8.43.